The molecule has 1 saturated heterocycles. The number of ether oxygens (including phenoxy) is 1. The van der Waals surface area contributed by atoms with E-state index in [1.54, 1.807) is 36.7 Å². The number of rotatable bonds is 3. The van der Waals surface area contributed by atoms with E-state index in [-0.39, 0.29) is 6.10 Å². The van der Waals surface area contributed by atoms with Gasteiger partial charge in [0, 0.05) is 35.3 Å². The van der Waals surface area contributed by atoms with E-state index in [4.69, 9.17) is 16.3 Å². The molecule has 2 heterocycles. The zero-order chi connectivity index (χ0) is 16.1. The van der Waals surface area contributed by atoms with Crippen molar-refractivity contribution in [1.29, 1.82) is 0 Å². The minimum atomic E-state index is -0.436. The lowest BCUT2D eigenvalue weighted by Gasteiger charge is -2.33. The lowest BCUT2D eigenvalue weighted by Crippen LogP contribution is -2.41. The van der Waals surface area contributed by atoms with Crippen molar-refractivity contribution in [3.05, 3.63) is 53.8 Å². The van der Waals surface area contributed by atoms with Crippen LogP contribution in [0.3, 0.4) is 0 Å². The van der Waals surface area contributed by atoms with Gasteiger partial charge in [0.15, 0.2) is 0 Å². The summed E-state index contributed by atoms with van der Waals surface area (Å²) in [7, 11) is 0. The Bertz CT molecular complexity index is 649. The lowest BCUT2D eigenvalue weighted by atomic mass is 10.1. The van der Waals surface area contributed by atoms with E-state index in [0.29, 0.717) is 17.3 Å². The van der Waals surface area contributed by atoms with E-state index in [9.17, 15) is 4.79 Å². The van der Waals surface area contributed by atoms with Crippen molar-refractivity contribution in [1.82, 2.24) is 4.98 Å². The Morgan fingerprint density at radius 2 is 1.96 bits per heavy atom. The van der Waals surface area contributed by atoms with Crippen LogP contribution in [-0.4, -0.2) is 30.3 Å². The van der Waals surface area contributed by atoms with Crippen molar-refractivity contribution in [2.45, 2.75) is 18.9 Å². The SMILES string of the molecule is O=C(Nc1ccc(Cl)cc1)OC1CCCN(c2ccncc2)C1. The first-order chi connectivity index (χ1) is 11.2. The Hall–Kier alpha value is -2.27. The highest BCUT2D eigenvalue weighted by Crippen LogP contribution is 2.21. The molecule has 23 heavy (non-hydrogen) atoms. The highest BCUT2D eigenvalue weighted by Gasteiger charge is 2.23. The molecule has 1 fully saturated rings. The molecule has 0 saturated carbocycles. The van der Waals surface area contributed by atoms with E-state index in [1.165, 1.54) is 0 Å². The number of amides is 1. The summed E-state index contributed by atoms with van der Waals surface area (Å²) in [6.07, 6.45) is 4.84. The maximum absolute atomic E-state index is 12.0. The molecule has 2 aromatic rings. The number of halogens is 1. The van der Waals surface area contributed by atoms with Crippen LogP contribution in [0.1, 0.15) is 12.8 Å². The first-order valence-electron chi connectivity index (χ1n) is 7.59. The maximum Gasteiger partial charge on any atom is 0.411 e. The molecule has 1 unspecified atom stereocenters. The Kier molecular flexibility index (Phi) is 4.98. The highest BCUT2D eigenvalue weighted by atomic mass is 35.5. The number of nitrogens with one attached hydrogen (secondary N) is 1. The number of carbonyl (C=O) groups is 1. The third kappa shape index (κ3) is 4.36. The summed E-state index contributed by atoms with van der Waals surface area (Å²) in [5.41, 5.74) is 1.77. The predicted octanol–water partition coefficient (Wildman–Crippen LogP) is 3.95. The molecule has 1 atom stereocenters. The highest BCUT2D eigenvalue weighted by molar-refractivity contribution is 6.30. The molecule has 0 aliphatic carbocycles. The lowest BCUT2D eigenvalue weighted by molar-refractivity contribution is 0.100. The fourth-order valence-corrected chi connectivity index (χ4v) is 2.78. The summed E-state index contributed by atoms with van der Waals surface area (Å²) in [6, 6.07) is 10.9. The van der Waals surface area contributed by atoms with Crippen LogP contribution in [0.25, 0.3) is 0 Å². The normalized spacial score (nSPS) is 17.6. The molecule has 1 aromatic heterocycles. The fourth-order valence-electron chi connectivity index (χ4n) is 2.66. The Morgan fingerprint density at radius 1 is 1.22 bits per heavy atom. The van der Waals surface area contributed by atoms with Crippen molar-refractivity contribution in [2.75, 3.05) is 23.3 Å². The smallest absolute Gasteiger partial charge is 0.411 e. The van der Waals surface area contributed by atoms with Crippen LogP contribution in [0, 0.1) is 0 Å². The molecule has 5 nitrogen and oxygen atoms in total. The van der Waals surface area contributed by atoms with E-state index >= 15 is 0 Å². The zero-order valence-corrected chi connectivity index (χ0v) is 13.4. The summed E-state index contributed by atoms with van der Waals surface area (Å²) in [5.74, 6) is 0. The summed E-state index contributed by atoms with van der Waals surface area (Å²) in [4.78, 5) is 18.3. The predicted molar refractivity (Wildman–Crippen MR) is 91.0 cm³/mol. The third-order valence-corrected chi connectivity index (χ3v) is 4.02. The standard InChI is InChI=1S/C17H18ClN3O2/c18-13-3-5-14(6-4-13)20-17(22)23-16-2-1-11-21(12-16)15-7-9-19-10-8-15/h3-10,16H,1-2,11-12H2,(H,20,22). The molecule has 1 aromatic carbocycles. The molecule has 1 amide bonds. The maximum atomic E-state index is 12.0. The van der Waals surface area contributed by atoms with Gasteiger partial charge < -0.3 is 9.64 Å². The minimum Gasteiger partial charge on any atom is -0.444 e. The van der Waals surface area contributed by atoms with E-state index in [2.05, 4.69) is 15.2 Å². The Balaban J connectivity index is 1.55. The van der Waals surface area contributed by atoms with Crippen LogP contribution in [-0.2, 0) is 4.74 Å². The number of carbonyl (C=O) groups excluding carboxylic acids is 1. The molecule has 0 radical (unpaired) electrons. The third-order valence-electron chi connectivity index (χ3n) is 3.77. The second kappa shape index (κ2) is 7.33. The second-order valence-corrected chi connectivity index (χ2v) is 5.89. The second-order valence-electron chi connectivity index (χ2n) is 5.45. The van der Waals surface area contributed by atoms with Crippen LogP contribution in [0.5, 0.6) is 0 Å². The quantitative estimate of drug-likeness (QED) is 0.925. The first kappa shape index (κ1) is 15.6. The Morgan fingerprint density at radius 3 is 2.70 bits per heavy atom. The van der Waals surface area contributed by atoms with Gasteiger partial charge in [0.1, 0.15) is 6.10 Å². The van der Waals surface area contributed by atoms with Gasteiger partial charge in [-0.2, -0.15) is 0 Å². The number of anilines is 2. The number of hydrogen-bond acceptors (Lipinski definition) is 4. The van der Waals surface area contributed by atoms with Gasteiger partial charge in [-0.15, -0.1) is 0 Å². The Labute approximate surface area is 140 Å². The van der Waals surface area contributed by atoms with Crippen LogP contribution in [0.4, 0.5) is 16.2 Å². The summed E-state index contributed by atoms with van der Waals surface area (Å²) >= 11 is 5.82. The van der Waals surface area contributed by atoms with Gasteiger partial charge in [-0.1, -0.05) is 11.6 Å². The van der Waals surface area contributed by atoms with Crippen LogP contribution in [0.15, 0.2) is 48.8 Å². The molecule has 0 spiro atoms. The van der Waals surface area contributed by atoms with Crippen LogP contribution < -0.4 is 10.2 Å². The number of aromatic nitrogens is 1. The molecule has 1 aliphatic rings. The monoisotopic (exact) mass is 331 g/mol. The number of piperidine rings is 1. The molecule has 1 aliphatic heterocycles. The van der Waals surface area contributed by atoms with Gasteiger partial charge in [-0.25, -0.2) is 4.79 Å². The van der Waals surface area contributed by atoms with Gasteiger partial charge in [-0.3, -0.25) is 10.3 Å². The molecule has 0 bridgehead atoms. The van der Waals surface area contributed by atoms with Crippen molar-refractivity contribution < 1.29 is 9.53 Å². The summed E-state index contributed by atoms with van der Waals surface area (Å²) in [5, 5.41) is 3.35. The molecular weight excluding hydrogens is 314 g/mol. The molecule has 3 rings (SSSR count). The van der Waals surface area contributed by atoms with Gasteiger partial charge in [-0.05, 0) is 49.2 Å². The fraction of sp³-hybridized carbons (Fsp3) is 0.294. The van der Waals surface area contributed by atoms with Crippen molar-refractivity contribution >= 4 is 29.1 Å². The van der Waals surface area contributed by atoms with E-state index < -0.39 is 6.09 Å². The first-order valence-corrected chi connectivity index (χ1v) is 7.97. The van der Waals surface area contributed by atoms with Gasteiger partial charge in [0.25, 0.3) is 0 Å². The summed E-state index contributed by atoms with van der Waals surface area (Å²) < 4.78 is 5.54. The molecule has 1 N–H and O–H groups in total. The average molecular weight is 332 g/mol. The van der Waals surface area contributed by atoms with Crippen molar-refractivity contribution in [3.8, 4) is 0 Å². The topological polar surface area (TPSA) is 54.5 Å². The van der Waals surface area contributed by atoms with E-state index in [0.717, 1.165) is 25.1 Å². The zero-order valence-electron chi connectivity index (χ0n) is 12.6. The van der Waals surface area contributed by atoms with Crippen molar-refractivity contribution in [3.63, 3.8) is 0 Å². The number of hydrogen-bond donors (Lipinski definition) is 1. The molecule has 120 valence electrons. The molecule has 6 heteroatoms. The van der Waals surface area contributed by atoms with Crippen molar-refractivity contribution in [2.24, 2.45) is 0 Å². The van der Waals surface area contributed by atoms with Crippen LogP contribution in [0.2, 0.25) is 5.02 Å². The summed E-state index contributed by atoms with van der Waals surface area (Å²) in [6.45, 7) is 1.65. The molecular formula is C17H18ClN3O2. The van der Waals surface area contributed by atoms with Gasteiger partial charge in [0.2, 0.25) is 0 Å². The minimum absolute atomic E-state index is 0.121. The van der Waals surface area contributed by atoms with Gasteiger partial charge in [0.05, 0.1) is 6.54 Å². The van der Waals surface area contributed by atoms with Gasteiger partial charge >= 0.3 is 6.09 Å². The number of benzene rings is 1. The largest absolute Gasteiger partial charge is 0.444 e. The number of nitrogens with zero attached hydrogens (tertiary/aromatic N) is 2. The average Bonchev–Trinajstić information content (AvgIpc) is 2.58. The number of pyridine rings is 1. The van der Waals surface area contributed by atoms with Crippen LogP contribution >= 0.6 is 11.6 Å². The van der Waals surface area contributed by atoms with E-state index in [1.807, 2.05) is 12.1 Å².